The first-order chi connectivity index (χ1) is 10.1. The molecule has 118 valence electrons. The van der Waals surface area contributed by atoms with Crippen LogP contribution in [0.2, 0.25) is 0 Å². The minimum Gasteiger partial charge on any atom is -0.494 e. The Morgan fingerprint density at radius 1 is 1.24 bits per heavy atom. The van der Waals surface area contributed by atoms with E-state index in [0.717, 1.165) is 29.7 Å². The van der Waals surface area contributed by atoms with Crippen LogP contribution >= 0.6 is 0 Å². The van der Waals surface area contributed by atoms with Crippen LogP contribution in [-0.2, 0) is 0 Å². The molecule has 1 aromatic carbocycles. The predicted octanol–water partition coefficient (Wildman–Crippen LogP) is 3.45. The van der Waals surface area contributed by atoms with Crippen molar-refractivity contribution in [1.82, 2.24) is 4.90 Å². The first-order valence-corrected chi connectivity index (χ1v) is 8.31. The van der Waals surface area contributed by atoms with Crippen molar-refractivity contribution in [2.45, 2.75) is 39.7 Å². The van der Waals surface area contributed by atoms with Crippen LogP contribution < -0.4 is 10.5 Å². The van der Waals surface area contributed by atoms with Crippen LogP contribution in [0.5, 0.6) is 5.75 Å². The van der Waals surface area contributed by atoms with Gasteiger partial charge in [-0.05, 0) is 50.8 Å². The second kappa shape index (κ2) is 7.81. The van der Waals surface area contributed by atoms with Gasteiger partial charge in [0.15, 0.2) is 0 Å². The Kier molecular flexibility index (Phi) is 6.07. The highest BCUT2D eigenvalue weighted by Crippen LogP contribution is 2.28. The lowest BCUT2D eigenvalue weighted by Crippen LogP contribution is -2.39. The second-order valence-corrected chi connectivity index (χ2v) is 6.46. The smallest absolute Gasteiger partial charge is 0.124 e. The Balaban J connectivity index is 1.92. The topological polar surface area (TPSA) is 38.5 Å². The van der Waals surface area contributed by atoms with Crippen molar-refractivity contribution in [3.8, 4) is 5.75 Å². The van der Waals surface area contributed by atoms with Crippen LogP contribution in [0.25, 0.3) is 0 Å². The van der Waals surface area contributed by atoms with Gasteiger partial charge in [0.05, 0.1) is 6.61 Å². The van der Waals surface area contributed by atoms with Gasteiger partial charge in [-0.1, -0.05) is 32.0 Å². The molecule has 21 heavy (non-hydrogen) atoms. The van der Waals surface area contributed by atoms with E-state index >= 15 is 0 Å². The zero-order valence-electron chi connectivity index (χ0n) is 13.7. The molecule has 2 rings (SSSR count). The zero-order chi connectivity index (χ0) is 15.2. The fraction of sp³-hybridized carbons (Fsp3) is 0.667. The van der Waals surface area contributed by atoms with E-state index in [0.29, 0.717) is 6.61 Å². The molecule has 1 saturated heterocycles. The molecule has 0 radical (unpaired) electrons. The number of nitrogens with zero attached hydrogens (tertiary/aromatic N) is 1. The van der Waals surface area contributed by atoms with Gasteiger partial charge in [0, 0.05) is 18.2 Å². The summed E-state index contributed by atoms with van der Waals surface area (Å²) in [4.78, 5) is 2.51. The molecule has 1 atom stereocenters. The van der Waals surface area contributed by atoms with Crippen LogP contribution in [0.15, 0.2) is 24.3 Å². The van der Waals surface area contributed by atoms with Gasteiger partial charge in [-0.3, -0.25) is 0 Å². The van der Waals surface area contributed by atoms with Crippen molar-refractivity contribution in [1.29, 1.82) is 0 Å². The van der Waals surface area contributed by atoms with E-state index in [1.165, 1.54) is 25.9 Å². The van der Waals surface area contributed by atoms with Crippen molar-refractivity contribution in [2.75, 3.05) is 26.2 Å². The summed E-state index contributed by atoms with van der Waals surface area (Å²) >= 11 is 0. The van der Waals surface area contributed by atoms with E-state index in [1.54, 1.807) is 0 Å². The predicted molar refractivity (Wildman–Crippen MR) is 88.5 cm³/mol. The van der Waals surface area contributed by atoms with E-state index in [-0.39, 0.29) is 6.04 Å². The van der Waals surface area contributed by atoms with Gasteiger partial charge in [0.2, 0.25) is 0 Å². The molecule has 3 nitrogen and oxygen atoms in total. The molecule has 1 aromatic rings. The van der Waals surface area contributed by atoms with E-state index in [2.05, 4.69) is 24.8 Å². The summed E-state index contributed by atoms with van der Waals surface area (Å²) in [6, 6.07) is 8.20. The van der Waals surface area contributed by atoms with Gasteiger partial charge in [0.1, 0.15) is 5.75 Å². The van der Waals surface area contributed by atoms with E-state index in [4.69, 9.17) is 10.5 Å². The van der Waals surface area contributed by atoms with Crippen LogP contribution in [0.4, 0.5) is 0 Å². The number of likely N-dealkylation sites (tertiary alicyclic amines) is 1. The van der Waals surface area contributed by atoms with Gasteiger partial charge in [0.25, 0.3) is 0 Å². The summed E-state index contributed by atoms with van der Waals surface area (Å²) in [7, 11) is 0. The van der Waals surface area contributed by atoms with Gasteiger partial charge in [-0.15, -0.1) is 0 Å². The lowest BCUT2D eigenvalue weighted by atomic mass is 9.86. The molecule has 0 amide bonds. The van der Waals surface area contributed by atoms with E-state index in [1.807, 2.05) is 25.1 Å². The lowest BCUT2D eigenvalue weighted by Gasteiger charge is -2.35. The zero-order valence-corrected chi connectivity index (χ0v) is 13.7. The van der Waals surface area contributed by atoms with Crippen molar-refractivity contribution in [3.63, 3.8) is 0 Å². The molecule has 1 fully saturated rings. The first kappa shape index (κ1) is 16.3. The molecule has 3 heteroatoms. The molecule has 1 heterocycles. The SMILES string of the molecule is CCOc1ccccc1C(N)CN1CCC(C(C)C)CC1. The Morgan fingerprint density at radius 3 is 2.52 bits per heavy atom. The third-order valence-electron chi connectivity index (χ3n) is 4.65. The maximum absolute atomic E-state index is 6.43. The molecule has 0 saturated carbocycles. The van der Waals surface area contributed by atoms with Gasteiger partial charge >= 0.3 is 0 Å². The average Bonchev–Trinajstić information content (AvgIpc) is 2.48. The van der Waals surface area contributed by atoms with Crippen LogP contribution in [0.3, 0.4) is 0 Å². The molecule has 1 aliphatic heterocycles. The molecule has 0 aromatic heterocycles. The number of nitrogens with two attached hydrogens (primary N) is 1. The number of benzene rings is 1. The van der Waals surface area contributed by atoms with Gasteiger partial charge in [-0.2, -0.15) is 0 Å². The highest BCUT2D eigenvalue weighted by atomic mass is 16.5. The minimum absolute atomic E-state index is 0.0309. The molecule has 2 N–H and O–H groups in total. The average molecular weight is 290 g/mol. The van der Waals surface area contributed by atoms with Crippen molar-refractivity contribution < 1.29 is 4.74 Å². The fourth-order valence-corrected chi connectivity index (χ4v) is 3.25. The standard InChI is InChI=1S/C18H30N2O/c1-4-21-18-8-6-5-7-16(18)17(19)13-20-11-9-15(10-12-20)14(2)3/h5-8,14-15,17H,4,9-13,19H2,1-3H3. The highest BCUT2D eigenvalue weighted by Gasteiger charge is 2.23. The molecule has 0 aliphatic carbocycles. The molecular weight excluding hydrogens is 260 g/mol. The lowest BCUT2D eigenvalue weighted by molar-refractivity contribution is 0.150. The van der Waals surface area contributed by atoms with Crippen LogP contribution in [-0.4, -0.2) is 31.1 Å². The summed E-state index contributed by atoms with van der Waals surface area (Å²) < 4.78 is 5.70. The molecule has 1 unspecified atom stereocenters. The fourth-order valence-electron chi connectivity index (χ4n) is 3.25. The molecular formula is C18H30N2O. The highest BCUT2D eigenvalue weighted by molar-refractivity contribution is 5.36. The number of hydrogen-bond acceptors (Lipinski definition) is 3. The third kappa shape index (κ3) is 4.45. The minimum atomic E-state index is 0.0309. The van der Waals surface area contributed by atoms with Crippen molar-refractivity contribution in [2.24, 2.45) is 17.6 Å². The van der Waals surface area contributed by atoms with Crippen molar-refractivity contribution >= 4 is 0 Å². The van der Waals surface area contributed by atoms with Gasteiger partial charge < -0.3 is 15.4 Å². The van der Waals surface area contributed by atoms with Crippen molar-refractivity contribution in [3.05, 3.63) is 29.8 Å². The summed E-state index contributed by atoms with van der Waals surface area (Å²) in [5.74, 6) is 2.62. The summed E-state index contributed by atoms with van der Waals surface area (Å²) in [5, 5.41) is 0. The molecule has 0 spiro atoms. The number of para-hydroxylation sites is 1. The normalized spacial score (nSPS) is 18.9. The quantitative estimate of drug-likeness (QED) is 0.872. The maximum Gasteiger partial charge on any atom is 0.124 e. The number of hydrogen-bond donors (Lipinski definition) is 1. The number of rotatable bonds is 6. The summed E-state index contributed by atoms with van der Waals surface area (Å²) in [6.45, 7) is 10.6. The van der Waals surface area contributed by atoms with Crippen LogP contribution in [0.1, 0.15) is 45.2 Å². The number of ether oxygens (including phenoxy) is 1. The molecule has 0 bridgehead atoms. The van der Waals surface area contributed by atoms with Crippen LogP contribution in [0, 0.1) is 11.8 Å². The Hall–Kier alpha value is -1.06. The molecule has 1 aliphatic rings. The Bertz CT molecular complexity index is 425. The Labute approximate surface area is 129 Å². The monoisotopic (exact) mass is 290 g/mol. The van der Waals surface area contributed by atoms with Gasteiger partial charge in [-0.25, -0.2) is 0 Å². The third-order valence-corrected chi connectivity index (χ3v) is 4.65. The van der Waals surface area contributed by atoms with E-state index in [9.17, 15) is 0 Å². The second-order valence-electron chi connectivity index (χ2n) is 6.46. The maximum atomic E-state index is 6.43. The summed E-state index contributed by atoms with van der Waals surface area (Å²) in [5.41, 5.74) is 7.56. The van der Waals surface area contributed by atoms with E-state index < -0.39 is 0 Å². The first-order valence-electron chi connectivity index (χ1n) is 8.31. The largest absolute Gasteiger partial charge is 0.494 e. The Morgan fingerprint density at radius 2 is 1.90 bits per heavy atom. The summed E-state index contributed by atoms with van der Waals surface area (Å²) in [6.07, 6.45) is 2.61. The number of piperidine rings is 1.